The fourth-order valence-corrected chi connectivity index (χ4v) is 5.67. The summed E-state index contributed by atoms with van der Waals surface area (Å²) in [5.41, 5.74) is 5.36. The van der Waals surface area contributed by atoms with Crippen molar-refractivity contribution in [3.05, 3.63) is 65.2 Å². The van der Waals surface area contributed by atoms with Crippen LogP contribution in [0.1, 0.15) is 48.4 Å². The molecule has 0 radical (unpaired) electrons. The van der Waals surface area contributed by atoms with Crippen LogP contribution < -0.4 is 5.32 Å². The van der Waals surface area contributed by atoms with Gasteiger partial charge in [0.05, 0.1) is 6.04 Å². The van der Waals surface area contributed by atoms with Crippen molar-refractivity contribution in [3.8, 4) is 0 Å². The smallest absolute Gasteiger partial charge is 0.407 e. The van der Waals surface area contributed by atoms with Crippen LogP contribution in [0.3, 0.4) is 0 Å². The first-order valence-electron chi connectivity index (χ1n) is 10.8. The van der Waals surface area contributed by atoms with Gasteiger partial charge in [-0.2, -0.15) is 0 Å². The van der Waals surface area contributed by atoms with E-state index in [1.807, 2.05) is 0 Å². The van der Waals surface area contributed by atoms with Gasteiger partial charge in [0.15, 0.2) is 0 Å². The molecule has 0 bridgehead atoms. The number of nitrogens with one attached hydrogen (secondary N) is 1. The molecule has 3 aliphatic heterocycles. The Hall–Kier alpha value is -2.53. The van der Waals surface area contributed by atoms with E-state index >= 15 is 0 Å². The van der Waals surface area contributed by atoms with E-state index in [9.17, 15) is 9.90 Å². The second-order valence-electron chi connectivity index (χ2n) is 8.80. The Balaban J connectivity index is 1.39. The predicted octanol–water partition coefficient (Wildman–Crippen LogP) is 4.46. The van der Waals surface area contributed by atoms with E-state index in [0.717, 1.165) is 51.9 Å². The molecule has 0 saturated carbocycles. The number of amides is 1. The van der Waals surface area contributed by atoms with Crippen LogP contribution in [0.5, 0.6) is 0 Å². The zero-order valence-electron chi connectivity index (χ0n) is 16.8. The van der Waals surface area contributed by atoms with E-state index < -0.39 is 6.09 Å². The van der Waals surface area contributed by atoms with Gasteiger partial charge in [-0.1, -0.05) is 42.5 Å². The highest BCUT2D eigenvalue weighted by molar-refractivity contribution is 5.69. The second kappa shape index (κ2) is 7.38. The summed E-state index contributed by atoms with van der Waals surface area (Å²) in [6, 6.07) is 17.1. The third-order valence-corrected chi connectivity index (χ3v) is 7.16. The van der Waals surface area contributed by atoms with Crippen molar-refractivity contribution in [3.63, 3.8) is 0 Å². The summed E-state index contributed by atoms with van der Waals surface area (Å²) in [5, 5.41) is 13.3. The fraction of sp³-hybridized carbons (Fsp3) is 0.458. The lowest BCUT2D eigenvalue weighted by Crippen LogP contribution is -2.44. The van der Waals surface area contributed by atoms with Gasteiger partial charge in [-0.15, -0.1) is 0 Å². The molecule has 0 unspecified atom stereocenters. The van der Waals surface area contributed by atoms with Crippen molar-refractivity contribution < 1.29 is 9.90 Å². The third-order valence-electron chi connectivity index (χ3n) is 7.16. The first kappa shape index (κ1) is 18.5. The van der Waals surface area contributed by atoms with E-state index in [-0.39, 0.29) is 11.5 Å². The molecule has 2 fully saturated rings. The lowest BCUT2D eigenvalue weighted by atomic mass is 9.71. The minimum absolute atomic E-state index is 0.00146. The minimum Gasteiger partial charge on any atom is -0.465 e. The average molecular weight is 392 g/mol. The Bertz CT molecular complexity index is 890. The number of hydrogen-bond donors (Lipinski definition) is 2. The maximum atomic E-state index is 11.8. The summed E-state index contributed by atoms with van der Waals surface area (Å²) in [6.07, 6.45) is 3.33. The normalized spacial score (nSPS) is 23.2. The van der Waals surface area contributed by atoms with Gasteiger partial charge in [-0.05, 0) is 61.5 Å². The first-order chi connectivity index (χ1) is 14.2. The molecule has 152 valence electrons. The molecule has 1 atom stereocenters. The van der Waals surface area contributed by atoms with Gasteiger partial charge < -0.3 is 15.3 Å². The quantitative estimate of drug-likeness (QED) is 0.811. The van der Waals surface area contributed by atoms with E-state index in [2.05, 4.69) is 58.7 Å². The Morgan fingerprint density at radius 1 is 1.07 bits per heavy atom. The molecule has 3 aliphatic rings. The molecule has 2 aromatic rings. The summed E-state index contributed by atoms with van der Waals surface area (Å²) < 4.78 is 0. The molecule has 2 N–H and O–H groups in total. The zero-order valence-corrected chi connectivity index (χ0v) is 16.8. The van der Waals surface area contributed by atoms with Crippen molar-refractivity contribution >= 4 is 11.8 Å². The number of rotatable bonds is 3. The number of carboxylic acid groups (broad SMARTS) is 1. The van der Waals surface area contributed by atoms with Gasteiger partial charge in [0.1, 0.15) is 0 Å². The van der Waals surface area contributed by atoms with Crippen LogP contribution in [0.25, 0.3) is 0 Å². The number of hydrogen-bond acceptors (Lipinski definition) is 3. The van der Waals surface area contributed by atoms with Crippen LogP contribution >= 0.6 is 0 Å². The highest BCUT2D eigenvalue weighted by atomic mass is 16.4. The van der Waals surface area contributed by atoms with Gasteiger partial charge in [-0.25, -0.2) is 4.79 Å². The van der Waals surface area contributed by atoms with Gasteiger partial charge in [0, 0.05) is 30.7 Å². The Morgan fingerprint density at radius 2 is 1.86 bits per heavy atom. The van der Waals surface area contributed by atoms with E-state index in [4.69, 9.17) is 0 Å². The number of fused-ring (bicyclic) bond motifs is 2. The molecule has 2 aromatic carbocycles. The molecule has 1 spiro atoms. The Kier molecular flexibility index (Phi) is 4.70. The van der Waals surface area contributed by atoms with Crippen LogP contribution in [0.4, 0.5) is 10.5 Å². The Morgan fingerprint density at radius 3 is 2.62 bits per heavy atom. The summed E-state index contributed by atoms with van der Waals surface area (Å²) in [7, 11) is 0. The average Bonchev–Trinajstić information content (AvgIpc) is 3.37. The number of anilines is 1. The second-order valence-corrected chi connectivity index (χ2v) is 8.80. The molecular weight excluding hydrogens is 362 g/mol. The monoisotopic (exact) mass is 391 g/mol. The molecule has 2 saturated heterocycles. The van der Waals surface area contributed by atoms with E-state index in [1.54, 1.807) is 4.90 Å². The van der Waals surface area contributed by atoms with Crippen LogP contribution in [0.2, 0.25) is 0 Å². The van der Waals surface area contributed by atoms with Crippen molar-refractivity contribution in [2.24, 2.45) is 0 Å². The lowest BCUT2D eigenvalue weighted by molar-refractivity contribution is 0.138. The van der Waals surface area contributed by atoms with Crippen molar-refractivity contribution in [2.45, 2.75) is 43.7 Å². The molecular formula is C24H29N3O2. The van der Waals surface area contributed by atoms with Crippen LogP contribution in [-0.4, -0.2) is 47.2 Å². The molecule has 5 nitrogen and oxygen atoms in total. The SMILES string of the molecule is O=C(O)N1CCC[C@@H]1c1cccc2c1C1(CCN(Cc3ccccc3)CC1)CN2. The van der Waals surface area contributed by atoms with Crippen LogP contribution in [0.15, 0.2) is 48.5 Å². The standard InChI is InChI=1S/C24H29N3O2/c28-23(29)27-13-5-10-21(27)19-8-4-9-20-22(19)24(17-25-20)11-14-26(15-12-24)16-18-6-2-1-3-7-18/h1-4,6-9,21,25H,5,10-17H2,(H,28,29)/t21-/m1/s1. The van der Waals surface area contributed by atoms with Crippen molar-refractivity contribution in [1.29, 1.82) is 0 Å². The summed E-state index contributed by atoms with van der Waals surface area (Å²) >= 11 is 0. The summed E-state index contributed by atoms with van der Waals surface area (Å²) in [5.74, 6) is 0. The Labute approximate surface area is 172 Å². The number of nitrogens with zero attached hydrogens (tertiary/aromatic N) is 2. The molecule has 29 heavy (non-hydrogen) atoms. The zero-order chi connectivity index (χ0) is 19.8. The van der Waals surface area contributed by atoms with Gasteiger partial charge >= 0.3 is 6.09 Å². The lowest BCUT2D eigenvalue weighted by Gasteiger charge is -2.41. The molecule has 1 amide bonds. The van der Waals surface area contributed by atoms with E-state index in [0.29, 0.717) is 6.54 Å². The van der Waals surface area contributed by atoms with Crippen LogP contribution in [0, 0.1) is 0 Å². The first-order valence-corrected chi connectivity index (χ1v) is 10.8. The maximum Gasteiger partial charge on any atom is 0.407 e. The molecule has 0 aliphatic carbocycles. The summed E-state index contributed by atoms with van der Waals surface area (Å²) in [6.45, 7) is 4.79. The predicted molar refractivity (Wildman–Crippen MR) is 114 cm³/mol. The van der Waals surface area contributed by atoms with Gasteiger partial charge in [0.25, 0.3) is 0 Å². The molecule has 3 heterocycles. The molecule has 5 rings (SSSR count). The van der Waals surface area contributed by atoms with Gasteiger partial charge in [-0.3, -0.25) is 4.90 Å². The summed E-state index contributed by atoms with van der Waals surface area (Å²) in [4.78, 5) is 16.0. The van der Waals surface area contributed by atoms with Gasteiger partial charge in [0.2, 0.25) is 0 Å². The topological polar surface area (TPSA) is 55.8 Å². The fourth-order valence-electron chi connectivity index (χ4n) is 5.67. The molecule has 5 heteroatoms. The highest BCUT2D eigenvalue weighted by Crippen LogP contribution is 2.49. The van der Waals surface area contributed by atoms with E-state index in [1.165, 1.54) is 22.4 Å². The molecule has 0 aromatic heterocycles. The highest BCUT2D eigenvalue weighted by Gasteiger charge is 2.45. The number of carbonyl (C=O) groups is 1. The number of likely N-dealkylation sites (tertiary alicyclic amines) is 2. The van der Waals surface area contributed by atoms with Crippen molar-refractivity contribution in [1.82, 2.24) is 9.80 Å². The van der Waals surface area contributed by atoms with Crippen LogP contribution in [-0.2, 0) is 12.0 Å². The number of benzene rings is 2. The maximum absolute atomic E-state index is 11.8. The van der Waals surface area contributed by atoms with Crippen molar-refractivity contribution in [2.75, 3.05) is 31.5 Å². The minimum atomic E-state index is -0.789. The largest absolute Gasteiger partial charge is 0.465 e. The number of piperidine rings is 1. The third kappa shape index (κ3) is 3.27.